The van der Waals surface area contributed by atoms with Gasteiger partial charge in [0.1, 0.15) is 5.15 Å². The van der Waals surface area contributed by atoms with Crippen LogP contribution >= 0.6 is 23.4 Å². The van der Waals surface area contributed by atoms with Crippen LogP contribution < -0.4 is 0 Å². The zero-order valence-electron chi connectivity index (χ0n) is 13.4. The lowest BCUT2D eigenvalue weighted by atomic mass is 10.2. The summed E-state index contributed by atoms with van der Waals surface area (Å²) in [6, 6.07) is 12.0. The predicted molar refractivity (Wildman–Crippen MR) is 95.0 cm³/mol. The molecule has 124 valence electrons. The maximum Gasteiger partial charge on any atom is 0.316 e. The topological polar surface area (TPSA) is 44.1 Å². The highest BCUT2D eigenvalue weighted by Gasteiger charge is 2.08. The number of halogens is 1. The van der Waals surface area contributed by atoms with Crippen molar-refractivity contribution in [1.29, 1.82) is 0 Å². The molecular formula is C17H21ClN2O2S. The van der Waals surface area contributed by atoms with E-state index in [0.29, 0.717) is 17.5 Å². The summed E-state index contributed by atoms with van der Waals surface area (Å²) in [5.74, 6) is 1.01. The molecule has 1 aromatic carbocycles. The molecule has 2 rings (SSSR count). The van der Waals surface area contributed by atoms with E-state index >= 15 is 0 Å². The number of aryl methyl sites for hydroxylation is 1. The lowest BCUT2D eigenvalue weighted by Crippen LogP contribution is -2.13. The van der Waals surface area contributed by atoms with Crippen molar-refractivity contribution in [3.63, 3.8) is 0 Å². The van der Waals surface area contributed by atoms with Crippen LogP contribution in [0.5, 0.6) is 0 Å². The molecule has 6 heteroatoms. The smallest absolute Gasteiger partial charge is 0.316 e. The van der Waals surface area contributed by atoms with Gasteiger partial charge in [0.15, 0.2) is 0 Å². The van der Waals surface area contributed by atoms with Gasteiger partial charge < -0.3 is 4.74 Å². The first-order valence-corrected chi connectivity index (χ1v) is 9.11. The summed E-state index contributed by atoms with van der Waals surface area (Å²) in [7, 11) is 0. The monoisotopic (exact) mass is 352 g/mol. The lowest BCUT2D eigenvalue weighted by molar-refractivity contribution is -0.144. The summed E-state index contributed by atoms with van der Waals surface area (Å²) in [5, 5.41) is 5.16. The van der Waals surface area contributed by atoms with Gasteiger partial charge >= 0.3 is 5.97 Å². The largest absolute Gasteiger partial charge is 0.462 e. The summed E-state index contributed by atoms with van der Waals surface area (Å²) in [6.45, 7) is 4.36. The highest BCUT2D eigenvalue weighted by molar-refractivity contribution is 7.99. The second kappa shape index (κ2) is 8.99. The van der Waals surface area contributed by atoms with Gasteiger partial charge in [-0.2, -0.15) is 5.10 Å². The summed E-state index contributed by atoms with van der Waals surface area (Å²) < 4.78 is 6.89. The Hall–Kier alpha value is -1.46. The van der Waals surface area contributed by atoms with Gasteiger partial charge in [-0.15, -0.1) is 11.8 Å². The number of aromatic nitrogens is 2. The Balaban J connectivity index is 1.78. The van der Waals surface area contributed by atoms with E-state index in [0.717, 1.165) is 23.4 Å². The fourth-order valence-electron chi connectivity index (χ4n) is 2.06. The minimum atomic E-state index is -0.169. The Morgan fingerprint density at radius 1 is 1.35 bits per heavy atom. The third-order valence-corrected chi connectivity index (χ3v) is 4.28. The third kappa shape index (κ3) is 6.28. The van der Waals surface area contributed by atoms with Crippen LogP contribution in [0.1, 0.15) is 25.1 Å². The van der Waals surface area contributed by atoms with Crippen molar-refractivity contribution < 1.29 is 9.53 Å². The highest BCUT2D eigenvalue weighted by Crippen LogP contribution is 2.15. The van der Waals surface area contributed by atoms with Crippen LogP contribution in [0.2, 0.25) is 5.15 Å². The van der Waals surface area contributed by atoms with Crippen molar-refractivity contribution in [1.82, 2.24) is 9.78 Å². The summed E-state index contributed by atoms with van der Waals surface area (Å²) in [6.07, 6.45) is 0.719. The molecule has 0 atom stereocenters. The standard InChI is InChI=1S/C17H21ClN2O2S/c1-13(2)22-17(21)12-23-9-8-15-10-16(18)20(19-15)11-14-6-4-3-5-7-14/h3-7,10,13H,8-9,11-12H2,1-2H3. The average molecular weight is 353 g/mol. The fourth-order valence-corrected chi connectivity index (χ4v) is 3.02. The third-order valence-electron chi connectivity index (χ3n) is 3.05. The number of rotatable bonds is 8. The first-order chi connectivity index (χ1) is 11.0. The molecule has 1 aromatic heterocycles. The van der Waals surface area contributed by atoms with Crippen LogP contribution in [-0.4, -0.2) is 33.4 Å². The van der Waals surface area contributed by atoms with Gasteiger partial charge in [0.25, 0.3) is 0 Å². The normalized spacial score (nSPS) is 11.0. The number of ether oxygens (including phenoxy) is 1. The Labute approximate surface area is 146 Å². The molecule has 0 bridgehead atoms. The SMILES string of the molecule is CC(C)OC(=O)CSCCc1cc(Cl)n(Cc2ccccc2)n1. The molecule has 0 saturated carbocycles. The zero-order chi connectivity index (χ0) is 16.7. The van der Waals surface area contributed by atoms with Crippen LogP contribution in [0.15, 0.2) is 36.4 Å². The van der Waals surface area contributed by atoms with Gasteiger partial charge in [-0.25, -0.2) is 4.68 Å². The van der Waals surface area contributed by atoms with Crippen molar-refractivity contribution in [2.75, 3.05) is 11.5 Å². The van der Waals surface area contributed by atoms with E-state index in [1.807, 2.05) is 50.2 Å². The van der Waals surface area contributed by atoms with Crippen LogP contribution in [0.4, 0.5) is 0 Å². The molecule has 0 aliphatic heterocycles. The number of carbonyl (C=O) groups is 1. The molecule has 0 saturated heterocycles. The van der Waals surface area contributed by atoms with E-state index < -0.39 is 0 Å². The fraction of sp³-hybridized carbons (Fsp3) is 0.412. The second-order valence-electron chi connectivity index (χ2n) is 5.44. The van der Waals surface area contributed by atoms with Crippen LogP contribution in [0.25, 0.3) is 0 Å². The predicted octanol–water partition coefficient (Wildman–Crippen LogP) is 3.81. The molecule has 0 aliphatic rings. The molecule has 0 fully saturated rings. The van der Waals surface area contributed by atoms with Crippen molar-refractivity contribution >= 4 is 29.3 Å². The zero-order valence-corrected chi connectivity index (χ0v) is 14.9. The average Bonchev–Trinajstić information content (AvgIpc) is 2.84. The van der Waals surface area contributed by atoms with Gasteiger partial charge in [-0.3, -0.25) is 4.79 Å². The molecule has 0 spiro atoms. The number of hydrogen-bond acceptors (Lipinski definition) is 4. The quantitative estimate of drug-likeness (QED) is 0.535. The first kappa shape index (κ1) is 17.9. The van der Waals surface area contributed by atoms with Crippen LogP contribution in [-0.2, 0) is 22.5 Å². The van der Waals surface area contributed by atoms with Crippen molar-refractivity contribution in [2.45, 2.75) is 32.9 Å². The number of hydrogen-bond donors (Lipinski definition) is 0. The second-order valence-corrected chi connectivity index (χ2v) is 6.94. The Kier molecular flexibility index (Phi) is 6.99. The Morgan fingerprint density at radius 2 is 2.09 bits per heavy atom. The van der Waals surface area contributed by atoms with Gasteiger partial charge in [0.05, 0.1) is 24.1 Å². The van der Waals surface area contributed by atoms with Crippen molar-refractivity contribution in [3.8, 4) is 0 Å². The summed E-state index contributed by atoms with van der Waals surface area (Å²) in [4.78, 5) is 11.4. The Bertz CT molecular complexity index is 629. The summed E-state index contributed by atoms with van der Waals surface area (Å²) in [5.41, 5.74) is 2.10. The minimum Gasteiger partial charge on any atom is -0.462 e. The van der Waals surface area contributed by atoms with Crippen LogP contribution in [0.3, 0.4) is 0 Å². The van der Waals surface area contributed by atoms with Gasteiger partial charge in [0.2, 0.25) is 0 Å². The molecule has 0 radical (unpaired) electrons. The number of thioether (sulfide) groups is 1. The molecule has 0 aliphatic carbocycles. The molecule has 2 aromatic rings. The van der Waals surface area contributed by atoms with E-state index in [-0.39, 0.29) is 12.1 Å². The van der Waals surface area contributed by atoms with Crippen molar-refractivity contribution in [2.24, 2.45) is 0 Å². The molecular weight excluding hydrogens is 332 g/mol. The van der Waals surface area contributed by atoms with E-state index in [1.54, 1.807) is 16.4 Å². The van der Waals surface area contributed by atoms with Crippen molar-refractivity contribution in [3.05, 3.63) is 52.8 Å². The Morgan fingerprint density at radius 3 is 2.78 bits per heavy atom. The maximum absolute atomic E-state index is 11.4. The molecule has 4 nitrogen and oxygen atoms in total. The van der Waals surface area contributed by atoms with Crippen LogP contribution in [0, 0.1) is 0 Å². The molecule has 0 N–H and O–H groups in total. The number of nitrogens with zero attached hydrogens (tertiary/aromatic N) is 2. The van der Waals surface area contributed by atoms with E-state index in [9.17, 15) is 4.79 Å². The molecule has 23 heavy (non-hydrogen) atoms. The number of carbonyl (C=O) groups excluding carboxylic acids is 1. The van der Waals surface area contributed by atoms with Gasteiger partial charge in [0, 0.05) is 6.42 Å². The number of benzene rings is 1. The van der Waals surface area contributed by atoms with Gasteiger partial charge in [-0.05, 0) is 31.2 Å². The maximum atomic E-state index is 11.4. The van der Waals surface area contributed by atoms with E-state index in [2.05, 4.69) is 5.10 Å². The number of esters is 1. The molecule has 0 unspecified atom stereocenters. The molecule has 1 heterocycles. The van der Waals surface area contributed by atoms with Gasteiger partial charge in [-0.1, -0.05) is 41.9 Å². The van der Waals surface area contributed by atoms with E-state index in [4.69, 9.17) is 16.3 Å². The van der Waals surface area contributed by atoms with E-state index in [1.165, 1.54) is 0 Å². The highest BCUT2D eigenvalue weighted by atomic mass is 35.5. The lowest BCUT2D eigenvalue weighted by Gasteiger charge is -2.06. The molecule has 0 amide bonds. The minimum absolute atomic E-state index is 0.0596. The summed E-state index contributed by atoms with van der Waals surface area (Å²) >= 11 is 7.79. The first-order valence-electron chi connectivity index (χ1n) is 7.58.